The number of rotatable bonds is 9. The minimum Gasteiger partial charge on any atom is -0.475 e. The number of anilines is 1. The van der Waals surface area contributed by atoms with Gasteiger partial charge in [-0.3, -0.25) is 14.3 Å². The van der Waals surface area contributed by atoms with Crippen molar-refractivity contribution in [2.45, 2.75) is 30.5 Å². The van der Waals surface area contributed by atoms with Crippen LogP contribution < -0.4 is 27.5 Å². The molecule has 14 nitrogen and oxygen atoms in total. The van der Waals surface area contributed by atoms with Gasteiger partial charge in [-0.15, -0.1) is 0 Å². The van der Waals surface area contributed by atoms with E-state index in [1.807, 2.05) is 0 Å². The molecule has 0 saturated heterocycles. The normalized spacial score (nSPS) is 11.9. The monoisotopic (exact) mass is 537 g/mol. The number of aliphatic carboxylic acids is 1. The maximum Gasteiger partial charge on any atom is 0.490 e. The molecule has 2 aromatic heterocycles. The van der Waals surface area contributed by atoms with Gasteiger partial charge in [0, 0.05) is 11.9 Å². The van der Waals surface area contributed by atoms with Gasteiger partial charge in [-0.25, -0.2) is 9.78 Å². The number of pyridine rings is 2. The van der Waals surface area contributed by atoms with E-state index >= 15 is 0 Å². The molecule has 0 aliphatic carbocycles. The predicted octanol–water partition coefficient (Wildman–Crippen LogP) is -0.324. The number of hydrogen-bond donors (Lipinski definition) is 6. The first kappa shape index (κ1) is 29.7. The fraction of sp³-hybridized carbons (Fsp3) is 0.278. The summed E-state index contributed by atoms with van der Waals surface area (Å²) in [6.45, 7) is 1.47. The Labute approximate surface area is 201 Å². The molecule has 0 fully saturated rings. The third kappa shape index (κ3) is 9.12. The largest absolute Gasteiger partial charge is 0.490 e. The maximum absolute atomic E-state index is 12.6. The van der Waals surface area contributed by atoms with E-state index in [1.165, 1.54) is 24.4 Å². The highest BCUT2D eigenvalue weighted by molar-refractivity contribution is 7.92. The fourth-order valence-electron chi connectivity index (χ4n) is 2.53. The number of nitrogens with zero attached hydrogens (tertiary/aromatic N) is 2. The average Bonchev–Trinajstić information content (AvgIpc) is 2.75. The molecule has 0 aliphatic heterocycles. The van der Waals surface area contributed by atoms with E-state index in [4.69, 9.17) is 31.9 Å². The van der Waals surface area contributed by atoms with E-state index in [-0.39, 0.29) is 35.3 Å². The van der Waals surface area contributed by atoms with Gasteiger partial charge in [0.05, 0.1) is 5.92 Å². The molecule has 2 aromatic rings. The number of oxime groups is 1. The second-order valence-electron chi connectivity index (χ2n) is 6.78. The van der Waals surface area contributed by atoms with Gasteiger partial charge < -0.3 is 32.1 Å². The highest BCUT2D eigenvalue weighted by Gasteiger charge is 2.38. The zero-order valence-electron chi connectivity index (χ0n) is 18.4. The molecule has 2 heterocycles. The van der Waals surface area contributed by atoms with Crippen molar-refractivity contribution < 1.29 is 41.1 Å². The van der Waals surface area contributed by atoms with Crippen LogP contribution in [0.3, 0.4) is 0 Å². The Morgan fingerprint density at radius 1 is 1.28 bits per heavy atom. The summed E-state index contributed by atoms with van der Waals surface area (Å²) in [5.41, 5.74) is 15.2. The van der Waals surface area contributed by atoms with Gasteiger partial charge in [0.1, 0.15) is 12.3 Å². The number of nitrogens with one attached hydrogen (secondary N) is 2. The number of aryl methyl sites for hydroxylation is 1. The van der Waals surface area contributed by atoms with Crippen LogP contribution in [-0.4, -0.2) is 54.1 Å². The number of sulfonamides is 1. The van der Waals surface area contributed by atoms with Gasteiger partial charge in [-0.1, -0.05) is 6.07 Å². The molecule has 0 aliphatic rings. The van der Waals surface area contributed by atoms with E-state index in [0.717, 1.165) is 0 Å². The molecular formula is C18H22F3N7O7S. The summed E-state index contributed by atoms with van der Waals surface area (Å²) in [7, 11) is -4.19. The Morgan fingerprint density at radius 3 is 2.36 bits per heavy atom. The number of carboxylic acid groups (broad SMARTS) is 1. The minimum atomic E-state index is -5.08. The molecule has 36 heavy (non-hydrogen) atoms. The van der Waals surface area contributed by atoms with Gasteiger partial charge in [0.25, 0.3) is 15.6 Å². The number of alkyl halides is 3. The van der Waals surface area contributed by atoms with Gasteiger partial charge in [-0.2, -0.15) is 21.6 Å². The molecule has 0 saturated carbocycles. The lowest BCUT2D eigenvalue weighted by atomic mass is 9.94. The van der Waals surface area contributed by atoms with E-state index in [1.54, 1.807) is 13.0 Å². The lowest BCUT2D eigenvalue weighted by molar-refractivity contribution is -0.192. The number of nitrogens with two attached hydrogens (primary N) is 3. The Bertz CT molecular complexity index is 1260. The summed E-state index contributed by atoms with van der Waals surface area (Å²) in [5, 5.41) is 10.2. The molecule has 2 rings (SSSR count). The predicted molar refractivity (Wildman–Crippen MR) is 119 cm³/mol. The van der Waals surface area contributed by atoms with Crippen molar-refractivity contribution in [2.75, 3.05) is 11.3 Å². The first-order valence-electron chi connectivity index (χ1n) is 9.54. The highest BCUT2D eigenvalue weighted by Crippen LogP contribution is 2.27. The number of carbonyl (C=O) groups is 2. The van der Waals surface area contributed by atoms with Crippen LogP contribution in [0.2, 0.25) is 0 Å². The number of carboxylic acids is 1. The second-order valence-corrected chi connectivity index (χ2v) is 8.41. The van der Waals surface area contributed by atoms with Crippen LogP contribution in [0.25, 0.3) is 0 Å². The molecule has 1 unspecified atom stereocenters. The Kier molecular flexibility index (Phi) is 10.2. The zero-order chi connectivity index (χ0) is 27.7. The molecule has 0 spiro atoms. The molecule has 0 bridgehead atoms. The van der Waals surface area contributed by atoms with E-state index in [2.05, 4.69) is 19.8 Å². The number of H-pyrrole nitrogens is 1. The number of carbonyl (C=O) groups excluding carboxylic acids is 1. The molecule has 0 radical (unpaired) electrons. The summed E-state index contributed by atoms with van der Waals surface area (Å²) in [6, 6.07) is 5.74. The molecule has 1 atom stereocenters. The van der Waals surface area contributed by atoms with Crippen molar-refractivity contribution in [2.24, 2.45) is 22.4 Å². The molecule has 198 valence electrons. The first-order valence-corrected chi connectivity index (χ1v) is 11.0. The number of aromatic amines is 1. The Morgan fingerprint density at radius 2 is 1.89 bits per heavy atom. The molecule has 1 amide bonds. The summed E-state index contributed by atoms with van der Waals surface area (Å²) >= 11 is 0. The van der Waals surface area contributed by atoms with Crippen LogP contribution in [0.5, 0.6) is 0 Å². The first-order chi connectivity index (χ1) is 16.6. The second kappa shape index (κ2) is 12.4. The summed E-state index contributed by atoms with van der Waals surface area (Å²) in [5.74, 6) is -4.91. The van der Waals surface area contributed by atoms with Crippen molar-refractivity contribution in [3.05, 3.63) is 52.1 Å². The summed E-state index contributed by atoms with van der Waals surface area (Å²) < 4.78 is 59.1. The Hall–Kier alpha value is -4.35. The van der Waals surface area contributed by atoms with E-state index in [0.29, 0.717) is 5.69 Å². The summed E-state index contributed by atoms with van der Waals surface area (Å²) in [4.78, 5) is 44.5. The third-order valence-corrected chi connectivity index (χ3v) is 5.24. The topological polar surface area (TPSA) is 246 Å². The zero-order valence-corrected chi connectivity index (χ0v) is 19.3. The SMILES string of the molecule is Cc1cc(C(CCON=C(N)N)C(N)=O)c(NS(=O)(=O)c2ccccn2)c(=O)[nH]1.O=C(O)C(F)(F)F. The van der Waals surface area contributed by atoms with Crippen molar-refractivity contribution in [3.63, 3.8) is 0 Å². The van der Waals surface area contributed by atoms with Crippen LogP contribution in [0.15, 0.2) is 45.4 Å². The minimum absolute atomic E-state index is 0.00663. The number of guanidine groups is 1. The average molecular weight is 537 g/mol. The van der Waals surface area contributed by atoms with Crippen LogP contribution in [0.4, 0.5) is 18.9 Å². The lowest BCUT2D eigenvalue weighted by Crippen LogP contribution is -2.29. The standard InChI is InChI=1S/C16H21N7O5S.C2HF3O2/c1-9-8-11(10(14(17)24)5-7-28-22-16(18)19)13(15(25)21-9)23-29(26,27)12-4-2-3-6-20-12;3-2(4,5)1(6)7/h2-4,6,8,10,23H,5,7H2,1H3,(H2,17,24)(H,21,25)(H4,18,19,22);(H,6,7). The Balaban J connectivity index is 0.000000809. The molecule has 9 N–H and O–H groups in total. The lowest BCUT2D eigenvalue weighted by Gasteiger charge is -2.18. The molecule has 18 heteroatoms. The smallest absolute Gasteiger partial charge is 0.475 e. The molecule has 0 aromatic carbocycles. The van der Waals surface area contributed by atoms with Gasteiger partial charge in [0.15, 0.2) is 5.03 Å². The number of halogens is 3. The van der Waals surface area contributed by atoms with Crippen molar-refractivity contribution in [1.82, 2.24) is 9.97 Å². The number of primary amides is 1. The molecular weight excluding hydrogens is 515 g/mol. The van der Waals surface area contributed by atoms with Crippen molar-refractivity contribution >= 4 is 33.5 Å². The van der Waals surface area contributed by atoms with E-state index < -0.39 is 39.6 Å². The fourth-order valence-corrected chi connectivity index (χ4v) is 3.57. The van der Waals surface area contributed by atoms with Crippen LogP contribution in [-0.2, 0) is 24.4 Å². The van der Waals surface area contributed by atoms with Crippen LogP contribution in [0.1, 0.15) is 23.6 Å². The van der Waals surface area contributed by atoms with Gasteiger partial charge >= 0.3 is 12.1 Å². The third-order valence-electron chi connectivity index (χ3n) is 3.98. The number of amides is 1. The van der Waals surface area contributed by atoms with Crippen molar-refractivity contribution in [3.8, 4) is 0 Å². The van der Waals surface area contributed by atoms with Gasteiger partial charge in [-0.05, 0) is 42.3 Å². The van der Waals surface area contributed by atoms with Crippen molar-refractivity contribution in [1.29, 1.82) is 0 Å². The maximum atomic E-state index is 12.6. The number of hydrogen-bond acceptors (Lipinski definition) is 8. The van der Waals surface area contributed by atoms with Gasteiger partial charge in [0.2, 0.25) is 11.9 Å². The number of aromatic nitrogens is 2. The van der Waals surface area contributed by atoms with Crippen LogP contribution >= 0.6 is 0 Å². The quantitative estimate of drug-likeness (QED) is 0.105. The van der Waals surface area contributed by atoms with E-state index in [9.17, 15) is 31.2 Å². The summed E-state index contributed by atoms with van der Waals surface area (Å²) in [6.07, 6.45) is -3.80. The highest BCUT2D eigenvalue weighted by atomic mass is 32.2. The van der Waals surface area contributed by atoms with Crippen LogP contribution in [0, 0.1) is 6.92 Å².